The monoisotopic (exact) mass is 478 g/mol. The minimum atomic E-state index is 0.518. The molecule has 0 aliphatic heterocycles. The Hall–Kier alpha value is -3.25. The molecule has 0 amide bonds. The molecule has 0 aliphatic carbocycles. The predicted molar refractivity (Wildman–Crippen MR) is 142 cm³/mol. The Morgan fingerprint density at radius 1 is 0.625 bits per heavy atom. The van der Waals surface area contributed by atoms with Crippen molar-refractivity contribution in [2.45, 2.75) is 0 Å². The number of hydrogen-bond donors (Lipinski definition) is 4. The molecule has 0 aromatic heterocycles. The Labute approximate surface area is 202 Å². The summed E-state index contributed by atoms with van der Waals surface area (Å²) in [7, 11) is 0. The third kappa shape index (κ3) is 4.81. The molecule has 32 heavy (non-hydrogen) atoms. The van der Waals surface area contributed by atoms with Crippen molar-refractivity contribution in [1.82, 2.24) is 0 Å². The van der Waals surface area contributed by atoms with Gasteiger partial charge in [0.25, 0.3) is 0 Å². The average Bonchev–Trinajstić information content (AvgIpc) is 2.77. The lowest BCUT2D eigenvalue weighted by Crippen LogP contribution is -2.03. The Morgan fingerprint density at radius 3 is 1.41 bits per heavy atom. The molecule has 7 heteroatoms. The molecule has 0 heterocycles. The molecule has 0 saturated heterocycles. The highest BCUT2D eigenvalue weighted by atomic mass is 35.5. The van der Waals surface area contributed by atoms with Gasteiger partial charge in [0.1, 0.15) is 0 Å². The fraction of sp³-hybridized carbons (Fsp3) is 0. The van der Waals surface area contributed by atoms with Gasteiger partial charge in [-0.15, -0.1) is 0 Å². The van der Waals surface area contributed by atoms with Gasteiger partial charge in [-0.25, -0.2) is 0 Å². The van der Waals surface area contributed by atoms with Crippen LogP contribution in [0.2, 0.25) is 10.0 Å². The summed E-state index contributed by atoms with van der Waals surface area (Å²) < 4.78 is 0. The van der Waals surface area contributed by atoms with E-state index in [9.17, 15) is 0 Å². The van der Waals surface area contributed by atoms with Crippen molar-refractivity contribution >= 4 is 74.4 Å². The summed E-state index contributed by atoms with van der Waals surface area (Å²) in [6, 6.07) is 26.3. The van der Waals surface area contributed by atoms with Gasteiger partial charge in [-0.05, 0) is 60.7 Å². The van der Waals surface area contributed by atoms with Crippen LogP contribution in [0.15, 0.2) is 84.9 Å². The zero-order valence-corrected chi connectivity index (χ0v) is 19.2. The van der Waals surface area contributed by atoms with Gasteiger partial charge in [-0.1, -0.05) is 59.7 Å². The molecule has 4 aromatic carbocycles. The molecule has 0 saturated carbocycles. The molecule has 6 N–H and O–H groups in total. The van der Waals surface area contributed by atoms with Crippen molar-refractivity contribution in [1.29, 1.82) is 0 Å². The van der Waals surface area contributed by atoms with Crippen LogP contribution in [0, 0.1) is 0 Å². The van der Waals surface area contributed by atoms with E-state index in [-0.39, 0.29) is 0 Å². The first kappa shape index (κ1) is 22.0. The molecule has 4 aromatic rings. The minimum Gasteiger partial charge on any atom is -0.397 e. The van der Waals surface area contributed by atoms with E-state index in [1.165, 1.54) is 0 Å². The highest BCUT2D eigenvalue weighted by Gasteiger charge is 2.14. The van der Waals surface area contributed by atoms with Crippen LogP contribution >= 0.6 is 35.4 Å². The zero-order chi connectivity index (χ0) is 22.7. The summed E-state index contributed by atoms with van der Waals surface area (Å²) in [6.07, 6.45) is 0. The van der Waals surface area contributed by atoms with E-state index in [4.69, 9.17) is 46.9 Å². The molecular weight excluding hydrogens is 459 g/mol. The number of rotatable bonds is 6. The van der Waals surface area contributed by atoms with Gasteiger partial charge >= 0.3 is 0 Å². The normalized spacial score (nSPS) is 10.6. The lowest BCUT2D eigenvalue weighted by molar-refractivity contribution is 1.52. The fourth-order valence-electron chi connectivity index (χ4n) is 3.23. The van der Waals surface area contributed by atoms with Crippen LogP contribution < -0.4 is 22.1 Å². The highest BCUT2D eigenvalue weighted by molar-refractivity contribution is 7.81. The molecule has 0 fully saturated rings. The van der Waals surface area contributed by atoms with Gasteiger partial charge in [0, 0.05) is 22.5 Å². The lowest BCUT2D eigenvalue weighted by Gasteiger charge is -2.14. The van der Waals surface area contributed by atoms with Crippen LogP contribution in [-0.4, -0.2) is 4.86 Å². The number of nitrogens with one attached hydrogen (secondary N) is 2. The Kier molecular flexibility index (Phi) is 6.51. The van der Waals surface area contributed by atoms with Crippen molar-refractivity contribution in [2.75, 3.05) is 22.1 Å². The van der Waals surface area contributed by atoms with Gasteiger partial charge in [-0.2, -0.15) is 0 Å². The summed E-state index contributed by atoms with van der Waals surface area (Å²) in [5, 5.41) is 7.57. The molecule has 0 aliphatic rings. The predicted octanol–water partition coefficient (Wildman–Crippen LogP) is 7.41. The van der Waals surface area contributed by atoms with E-state index >= 15 is 0 Å². The second-order valence-electron chi connectivity index (χ2n) is 7.14. The number of anilines is 6. The number of nitrogen functional groups attached to an aromatic ring is 2. The standard InChI is InChI=1S/C25H20Cl2N4S/c26-19-13-15(30-23-7-3-1-5-21(23)28)9-11-17(19)25(32)18-12-10-16(14-20(18)27)31-24-8-4-2-6-22(24)29/h1-14,30-31H,28-29H2. The number of benzene rings is 4. The van der Waals surface area contributed by atoms with E-state index in [1.807, 2.05) is 84.9 Å². The largest absolute Gasteiger partial charge is 0.397 e. The molecule has 4 nitrogen and oxygen atoms in total. The van der Waals surface area contributed by atoms with Crippen molar-refractivity contribution in [3.63, 3.8) is 0 Å². The number of nitrogens with two attached hydrogens (primary N) is 2. The van der Waals surface area contributed by atoms with Crippen LogP contribution in [0.4, 0.5) is 34.1 Å². The fourth-order valence-corrected chi connectivity index (χ4v) is 4.25. The third-order valence-corrected chi connectivity index (χ3v) is 5.97. The highest BCUT2D eigenvalue weighted by Crippen LogP contribution is 2.32. The first-order valence-corrected chi connectivity index (χ1v) is 11.0. The first-order chi connectivity index (χ1) is 15.4. The topological polar surface area (TPSA) is 76.1 Å². The molecule has 0 spiro atoms. The van der Waals surface area contributed by atoms with E-state index < -0.39 is 0 Å². The summed E-state index contributed by atoms with van der Waals surface area (Å²) >= 11 is 18.8. The third-order valence-electron chi connectivity index (χ3n) is 4.91. The zero-order valence-electron chi connectivity index (χ0n) is 16.9. The van der Waals surface area contributed by atoms with Crippen molar-refractivity contribution in [2.24, 2.45) is 0 Å². The average molecular weight is 479 g/mol. The van der Waals surface area contributed by atoms with E-state index in [0.29, 0.717) is 26.3 Å². The van der Waals surface area contributed by atoms with Crippen LogP contribution in [0.5, 0.6) is 0 Å². The molecule has 0 radical (unpaired) electrons. The Balaban J connectivity index is 1.55. The maximum atomic E-state index is 6.56. The van der Waals surface area contributed by atoms with E-state index in [0.717, 1.165) is 33.9 Å². The van der Waals surface area contributed by atoms with Crippen LogP contribution in [0.3, 0.4) is 0 Å². The van der Waals surface area contributed by atoms with Gasteiger partial charge in [-0.3, -0.25) is 0 Å². The maximum absolute atomic E-state index is 6.56. The quantitative estimate of drug-likeness (QED) is 0.132. The smallest absolute Gasteiger partial charge is 0.0617 e. The van der Waals surface area contributed by atoms with Crippen LogP contribution in [-0.2, 0) is 0 Å². The van der Waals surface area contributed by atoms with Gasteiger partial charge in [0.15, 0.2) is 0 Å². The molecule has 160 valence electrons. The summed E-state index contributed by atoms with van der Waals surface area (Å²) in [5.41, 5.74) is 18.0. The second-order valence-corrected chi connectivity index (χ2v) is 8.37. The maximum Gasteiger partial charge on any atom is 0.0617 e. The van der Waals surface area contributed by atoms with Crippen molar-refractivity contribution in [3.8, 4) is 0 Å². The summed E-state index contributed by atoms with van der Waals surface area (Å²) in [4.78, 5) is 0.566. The number of hydrogen-bond acceptors (Lipinski definition) is 5. The minimum absolute atomic E-state index is 0.518. The number of halogens is 2. The SMILES string of the molecule is Nc1ccccc1Nc1ccc(C(=S)c2ccc(Nc3ccccc3N)cc2Cl)c(Cl)c1. The van der Waals surface area contributed by atoms with Crippen molar-refractivity contribution in [3.05, 3.63) is 106 Å². The molecule has 4 rings (SSSR count). The number of para-hydroxylation sites is 4. The Morgan fingerprint density at radius 2 is 1.03 bits per heavy atom. The molecule has 0 bridgehead atoms. The van der Waals surface area contributed by atoms with Crippen LogP contribution in [0.1, 0.15) is 11.1 Å². The van der Waals surface area contributed by atoms with Crippen molar-refractivity contribution < 1.29 is 0 Å². The van der Waals surface area contributed by atoms with Gasteiger partial charge < -0.3 is 22.1 Å². The summed E-state index contributed by atoms with van der Waals surface area (Å²) in [6.45, 7) is 0. The molecule has 0 unspecified atom stereocenters. The van der Waals surface area contributed by atoms with Gasteiger partial charge in [0.2, 0.25) is 0 Å². The van der Waals surface area contributed by atoms with E-state index in [1.54, 1.807) is 0 Å². The molecular formula is C25H20Cl2N4S. The lowest BCUT2D eigenvalue weighted by atomic mass is 10.0. The van der Waals surface area contributed by atoms with Crippen LogP contribution in [0.25, 0.3) is 0 Å². The second kappa shape index (κ2) is 9.49. The first-order valence-electron chi connectivity index (χ1n) is 9.79. The van der Waals surface area contributed by atoms with E-state index in [2.05, 4.69) is 10.6 Å². The Bertz CT molecular complexity index is 1210. The number of thiocarbonyl (C=S) groups is 1. The van der Waals surface area contributed by atoms with Gasteiger partial charge in [0.05, 0.1) is 37.7 Å². The summed E-state index contributed by atoms with van der Waals surface area (Å²) in [5.74, 6) is 0. The molecule has 0 atom stereocenters.